The SMILES string of the molecule is Cc1cc(OCc2c(-c3c(Cl)cccc3Cl)noc2C(C)C)ccc1CSc1cccc(C(O)=[OH+])c1. The van der Waals surface area contributed by atoms with Gasteiger partial charge in [0.15, 0.2) is 0 Å². The van der Waals surface area contributed by atoms with Gasteiger partial charge in [-0.1, -0.05) is 60.4 Å². The summed E-state index contributed by atoms with van der Waals surface area (Å²) < 4.78 is 11.8. The van der Waals surface area contributed by atoms with E-state index in [1.165, 1.54) is 0 Å². The first-order valence-electron chi connectivity index (χ1n) is 11.4. The molecule has 186 valence electrons. The number of aliphatic hydroxyl groups excluding tert-OH is 1. The summed E-state index contributed by atoms with van der Waals surface area (Å²) in [6.45, 7) is 6.37. The number of thioether (sulfide) groups is 1. The van der Waals surface area contributed by atoms with Crippen LogP contribution in [0.15, 0.2) is 70.1 Å². The standard InChI is InChI=1S/C28H25Cl2NO4S/c1-16(2)27-22(26(31-35-27)25-23(29)8-5-9-24(25)30)14-34-20-11-10-19(17(3)12-20)15-36-21-7-4-6-18(13-21)28(32)33/h4-13,16H,14-15H2,1-3H3,(H,32,33)/p+1. The lowest BCUT2D eigenvalue weighted by atomic mass is 10.0. The van der Waals surface area contributed by atoms with Crippen molar-refractivity contribution in [1.82, 2.24) is 5.16 Å². The molecule has 0 spiro atoms. The van der Waals surface area contributed by atoms with E-state index >= 15 is 0 Å². The number of aryl methyl sites for hydroxylation is 1. The van der Waals surface area contributed by atoms with Crippen molar-refractivity contribution in [2.45, 2.75) is 43.9 Å². The van der Waals surface area contributed by atoms with Crippen molar-refractivity contribution in [1.29, 1.82) is 0 Å². The number of aromatic nitrogens is 1. The molecule has 0 radical (unpaired) electrons. The molecule has 0 aliphatic carbocycles. The predicted molar refractivity (Wildman–Crippen MR) is 146 cm³/mol. The van der Waals surface area contributed by atoms with Gasteiger partial charge in [-0.25, -0.2) is 0 Å². The zero-order valence-corrected chi connectivity index (χ0v) is 22.4. The van der Waals surface area contributed by atoms with E-state index in [4.69, 9.17) is 32.5 Å². The third-order valence-corrected chi connectivity index (χ3v) is 7.40. The number of halogens is 2. The Kier molecular flexibility index (Phi) is 8.29. The molecule has 36 heavy (non-hydrogen) atoms. The Bertz CT molecular complexity index is 1380. The molecule has 0 bridgehead atoms. The van der Waals surface area contributed by atoms with E-state index in [1.54, 1.807) is 48.2 Å². The highest BCUT2D eigenvalue weighted by molar-refractivity contribution is 7.98. The van der Waals surface area contributed by atoms with E-state index in [2.05, 4.69) is 5.16 Å². The summed E-state index contributed by atoms with van der Waals surface area (Å²) in [5.74, 6) is 1.63. The number of carboxylic acids is 1. The minimum absolute atomic E-state index is 0.107. The number of ether oxygens (including phenoxy) is 1. The summed E-state index contributed by atoms with van der Waals surface area (Å²) in [6.07, 6.45) is 0. The maximum absolute atomic E-state index is 9.31. The third kappa shape index (κ3) is 5.89. The second kappa shape index (κ2) is 11.4. The number of aromatic carboxylic acids is 1. The molecule has 4 aromatic rings. The number of rotatable bonds is 9. The van der Waals surface area contributed by atoms with Crippen LogP contribution in [0.2, 0.25) is 10.0 Å². The molecule has 4 rings (SSSR count). The predicted octanol–water partition coefficient (Wildman–Crippen LogP) is 8.36. The molecule has 0 amide bonds. The lowest BCUT2D eigenvalue weighted by Crippen LogP contribution is -2.02. The average molecular weight is 543 g/mol. The van der Waals surface area contributed by atoms with Crippen LogP contribution in [-0.4, -0.2) is 21.0 Å². The van der Waals surface area contributed by atoms with E-state index in [-0.39, 0.29) is 12.5 Å². The molecule has 1 aromatic heterocycles. The summed E-state index contributed by atoms with van der Waals surface area (Å²) in [7, 11) is 0. The average Bonchev–Trinajstić information content (AvgIpc) is 3.26. The summed E-state index contributed by atoms with van der Waals surface area (Å²) >= 11 is 14.5. The Morgan fingerprint density at radius 2 is 1.81 bits per heavy atom. The zero-order valence-electron chi connectivity index (χ0n) is 20.1. The molecule has 0 saturated heterocycles. The molecule has 0 fully saturated rings. The minimum Gasteiger partial charge on any atom is -0.489 e. The van der Waals surface area contributed by atoms with Crippen LogP contribution >= 0.6 is 35.0 Å². The summed E-state index contributed by atoms with van der Waals surface area (Å²) in [4.78, 5) is 10.3. The Balaban J connectivity index is 1.50. The third-order valence-electron chi connectivity index (χ3n) is 5.73. The van der Waals surface area contributed by atoms with E-state index in [0.717, 1.165) is 38.8 Å². The van der Waals surface area contributed by atoms with Crippen LogP contribution in [0.4, 0.5) is 0 Å². The number of carboxylic acid groups (broad SMARTS) is 1. The number of hydrogen-bond acceptors (Lipinski definition) is 4. The Morgan fingerprint density at radius 3 is 2.47 bits per heavy atom. The Labute approximate surface area is 224 Å². The normalized spacial score (nSPS) is 11.2. The molecule has 0 aliphatic rings. The maximum atomic E-state index is 9.31. The highest BCUT2D eigenvalue weighted by atomic mass is 35.5. The largest absolute Gasteiger partial charge is 0.515 e. The lowest BCUT2D eigenvalue weighted by Gasteiger charge is -2.12. The van der Waals surface area contributed by atoms with Gasteiger partial charge < -0.3 is 19.2 Å². The van der Waals surface area contributed by atoms with Crippen molar-refractivity contribution in [2.24, 2.45) is 0 Å². The van der Waals surface area contributed by atoms with Gasteiger partial charge in [0.25, 0.3) is 0 Å². The second-order valence-electron chi connectivity index (χ2n) is 8.64. The highest BCUT2D eigenvalue weighted by Gasteiger charge is 2.24. The fourth-order valence-electron chi connectivity index (χ4n) is 3.80. The van der Waals surface area contributed by atoms with E-state index in [0.29, 0.717) is 26.9 Å². The van der Waals surface area contributed by atoms with Gasteiger partial charge >= 0.3 is 5.97 Å². The smallest absolute Gasteiger partial charge is 0.489 e. The van der Waals surface area contributed by atoms with Gasteiger partial charge in [0, 0.05) is 22.1 Å². The molecule has 5 nitrogen and oxygen atoms in total. The maximum Gasteiger partial charge on any atom is 0.515 e. The lowest BCUT2D eigenvalue weighted by molar-refractivity contribution is 0.298. The quantitative estimate of drug-likeness (QED) is 0.170. The fraction of sp³-hybridized carbons (Fsp3) is 0.214. The first-order valence-corrected chi connectivity index (χ1v) is 13.1. The van der Waals surface area contributed by atoms with Gasteiger partial charge in [-0.3, -0.25) is 0 Å². The van der Waals surface area contributed by atoms with Crippen molar-refractivity contribution in [3.05, 3.63) is 98.7 Å². The van der Waals surface area contributed by atoms with Gasteiger partial charge in [0.05, 0.1) is 15.6 Å². The van der Waals surface area contributed by atoms with Gasteiger partial charge in [0.2, 0.25) is 0 Å². The van der Waals surface area contributed by atoms with Crippen molar-refractivity contribution in [2.75, 3.05) is 0 Å². The molecular formula is C28H26Cl2NO4S+. The van der Waals surface area contributed by atoms with Crippen LogP contribution in [0, 0.1) is 6.92 Å². The van der Waals surface area contributed by atoms with Crippen LogP contribution in [0.1, 0.15) is 47.8 Å². The monoisotopic (exact) mass is 542 g/mol. The van der Waals surface area contributed by atoms with E-state index in [1.807, 2.05) is 45.0 Å². The topological polar surface area (TPSA) is 76.9 Å². The number of benzene rings is 3. The molecule has 0 aliphatic heterocycles. The zero-order chi connectivity index (χ0) is 25.8. The Hall–Kier alpha value is -2.93. The molecule has 0 unspecified atom stereocenters. The summed E-state index contributed by atoms with van der Waals surface area (Å²) in [5.41, 5.74) is 4.69. The van der Waals surface area contributed by atoms with E-state index in [9.17, 15) is 9.90 Å². The molecular weight excluding hydrogens is 517 g/mol. The Morgan fingerprint density at radius 1 is 1.08 bits per heavy atom. The summed E-state index contributed by atoms with van der Waals surface area (Å²) in [6, 6.07) is 18.5. The van der Waals surface area contributed by atoms with Gasteiger partial charge in [-0.15, -0.1) is 11.8 Å². The molecule has 1 heterocycles. The van der Waals surface area contributed by atoms with Crippen LogP contribution in [0.3, 0.4) is 0 Å². The van der Waals surface area contributed by atoms with Crippen LogP contribution in [0.25, 0.3) is 11.3 Å². The number of nitrogens with zero attached hydrogens (tertiary/aromatic N) is 1. The first kappa shape index (κ1) is 26.1. The molecule has 2 N–H and O–H groups in total. The molecule has 3 aromatic carbocycles. The fourth-order valence-corrected chi connectivity index (χ4v) is 5.40. The minimum atomic E-state index is -0.677. The first-order chi connectivity index (χ1) is 17.2. The van der Waals surface area contributed by atoms with Gasteiger partial charge in [-0.05, 0) is 60.5 Å². The van der Waals surface area contributed by atoms with Crippen LogP contribution in [-0.2, 0) is 12.4 Å². The van der Waals surface area contributed by atoms with Crippen molar-refractivity contribution in [3.8, 4) is 17.0 Å². The summed E-state index contributed by atoms with van der Waals surface area (Å²) in [5, 5.41) is 14.6. The van der Waals surface area contributed by atoms with Crippen molar-refractivity contribution in [3.63, 3.8) is 0 Å². The van der Waals surface area contributed by atoms with Crippen molar-refractivity contribution < 1.29 is 19.2 Å². The van der Waals surface area contributed by atoms with Crippen molar-refractivity contribution >= 4 is 40.9 Å². The van der Waals surface area contributed by atoms with Gasteiger partial charge in [0.1, 0.15) is 29.4 Å². The van der Waals surface area contributed by atoms with Gasteiger partial charge in [-0.2, -0.15) is 0 Å². The van der Waals surface area contributed by atoms with E-state index < -0.39 is 5.97 Å². The van der Waals surface area contributed by atoms with Crippen LogP contribution < -0.4 is 4.74 Å². The second-order valence-corrected chi connectivity index (χ2v) is 10.5. The molecule has 0 atom stereocenters. The number of hydrogen-bond donors (Lipinski definition) is 1. The highest BCUT2D eigenvalue weighted by Crippen LogP contribution is 2.39. The van der Waals surface area contributed by atoms with Crippen LogP contribution in [0.5, 0.6) is 5.75 Å². The molecule has 0 saturated carbocycles. The molecule has 8 heteroatoms.